The molecule has 1 aliphatic rings. The summed E-state index contributed by atoms with van der Waals surface area (Å²) >= 11 is 0. The summed E-state index contributed by atoms with van der Waals surface area (Å²) in [6.45, 7) is 3.37. The number of nitrogens with zero attached hydrogens (tertiary/aromatic N) is 3. The predicted octanol–water partition coefficient (Wildman–Crippen LogP) is 3.58. The van der Waals surface area contributed by atoms with Crippen molar-refractivity contribution in [2.75, 3.05) is 16.8 Å². The highest BCUT2D eigenvalue weighted by molar-refractivity contribution is 7.95. The number of hydrogen-bond donors (Lipinski definition) is 2. The quantitative estimate of drug-likeness (QED) is 0.601. The molecule has 162 valence electrons. The van der Waals surface area contributed by atoms with Gasteiger partial charge in [0.05, 0.1) is 26.6 Å². The van der Waals surface area contributed by atoms with Gasteiger partial charge in [-0.15, -0.1) is 0 Å². The first-order chi connectivity index (χ1) is 14.7. The molecule has 1 aromatic heterocycles. The molecule has 0 bridgehead atoms. The largest absolute Gasteiger partial charge is 0.479 e. The Hall–Kier alpha value is -3.27. The molecular weight excluding hydrogens is 421 g/mol. The van der Waals surface area contributed by atoms with Crippen molar-refractivity contribution < 1.29 is 18.1 Å². The van der Waals surface area contributed by atoms with Crippen LogP contribution >= 0.6 is 0 Å². The third-order valence-electron chi connectivity index (χ3n) is 5.02. The summed E-state index contributed by atoms with van der Waals surface area (Å²) in [6.07, 6.45) is 1.39. The fourth-order valence-corrected chi connectivity index (χ4v) is 4.72. The monoisotopic (exact) mass is 443 g/mol. The van der Waals surface area contributed by atoms with Crippen molar-refractivity contribution in [3.05, 3.63) is 48.0 Å². The van der Waals surface area contributed by atoms with Crippen molar-refractivity contribution in [2.24, 2.45) is 10.1 Å². The summed E-state index contributed by atoms with van der Waals surface area (Å²) < 4.78 is 36.2. The first kappa shape index (κ1) is 21.0. The molecule has 31 heavy (non-hydrogen) atoms. The highest BCUT2D eigenvalue weighted by Gasteiger charge is 2.20. The van der Waals surface area contributed by atoms with Gasteiger partial charge in [-0.2, -0.15) is 4.36 Å². The smallest absolute Gasteiger partial charge is 0.258 e. The molecule has 10 heteroatoms. The lowest BCUT2D eigenvalue weighted by molar-refractivity contribution is -0.123. The Morgan fingerprint density at radius 2 is 2.06 bits per heavy atom. The van der Waals surface area contributed by atoms with E-state index in [1.807, 2.05) is 13.0 Å². The Bertz CT molecular complexity index is 1290. The van der Waals surface area contributed by atoms with E-state index in [0.29, 0.717) is 34.2 Å². The third kappa shape index (κ3) is 4.43. The number of fused-ring (bicyclic) bond motifs is 1. The fourth-order valence-electron chi connectivity index (χ4n) is 3.27. The number of nitrogens with two attached hydrogens (primary N) is 1. The number of aromatic nitrogens is 2. The number of benzene rings is 2. The molecule has 1 atom stereocenters. The lowest BCUT2D eigenvalue weighted by Crippen LogP contribution is -2.30. The van der Waals surface area contributed by atoms with Gasteiger partial charge >= 0.3 is 0 Å². The van der Waals surface area contributed by atoms with Gasteiger partial charge in [-0.25, -0.2) is 18.6 Å². The standard InChI is InChI=1S/C21H22FN5O3S/c1-12-8-15(27-31(29)6-3-7-31)10-17-19(12)21(25-11-24-17)26-16-5-4-14(22)9-18(16)30-13(2)20(23)28/h4-5,8-11,13H,3,6-7H2,1-2H3,(H2,23,28)(H,24,25,26)/t13-/m1/s1. The number of primary amides is 1. The summed E-state index contributed by atoms with van der Waals surface area (Å²) in [5.41, 5.74) is 7.78. The van der Waals surface area contributed by atoms with Gasteiger partial charge in [0.25, 0.3) is 5.91 Å². The first-order valence-electron chi connectivity index (χ1n) is 9.74. The van der Waals surface area contributed by atoms with Crippen LogP contribution in [0.15, 0.2) is 41.0 Å². The molecule has 8 nitrogen and oxygen atoms in total. The highest BCUT2D eigenvalue weighted by atomic mass is 32.2. The fraction of sp³-hybridized carbons (Fsp3) is 0.286. The van der Waals surface area contributed by atoms with Gasteiger partial charge in [-0.1, -0.05) is 0 Å². The van der Waals surface area contributed by atoms with Crippen LogP contribution in [0.4, 0.5) is 21.6 Å². The Balaban J connectivity index is 1.74. The lowest BCUT2D eigenvalue weighted by atomic mass is 10.1. The van der Waals surface area contributed by atoms with Crippen LogP contribution in [0, 0.1) is 12.7 Å². The van der Waals surface area contributed by atoms with Gasteiger partial charge in [-0.05, 0) is 50.1 Å². The topological polar surface area (TPSA) is 120 Å². The summed E-state index contributed by atoms with van der Waals surface area (Å²) in [6, 6.07) is 7.56. The minimum atomic E-state index is -2.14. The number of ether oxygens (including phenoxy) is 1. The van der Waals surface area contributed by atoms with E-state index in [0.717, 1.165) is 17.4 Å². The van der Waals surface area contributed by atoms with E-state index in [1.54, 1.807) is 6.07 Å². The van der Waals surface area contributed by atoms with Crippen LogP contribution < -0.4 is 15.8 Å². The maximum absolute atomic E-state index is 13.8. The summed E-state index contributed by atoms with van der Waals surface area (Å²) in [4.78, 5) is 20.0. The Kier molecular flexibility index (Phi) is 5.48. The van der Waals surface area contributed by atoms with Crippen molar-refractivity contribution in [3.8, 4) is 5.75 Å². The van der Waals surface area contributed by atoms with E-state index in [2.05, 4.69) is 19.6 Å². The Morgan fingerprint density at radius 3 is 2.74 bits per heavy atom. The SMILES string of the molecule is Cc1cc(N=S2(=O)CCC2)cc2ncnc(Nc3ccc(F)cc3O[C@H](C)C(N)=O)c12. The molecular formula is C21H22FN5O3S. The Morgan fingerprint density at radius 1 is 1.29 bits per heavy atom. The van der Waals surface area contributed by atoms with Crippen LogP contribution in [-0.4, -0.2) is 37.7 Å². The normalized spacial score (nSPS) is 15.7. The zero-order valence-electron chi connectivity index (χ0n) is 17.1. The van der Waals surface area contributed by atoms with Crippen LogP contribution in [0.2, 0.25) is 0 Å². The van der Waals surface area contributed by atoms with Crippen LogP contribution in [-0.2, 0) is 14.5 Å². The van der Waals surface area contributed by atoms with Crippen molar-refractivity contribution >= 4 is 43.7 Å². The van der Waals surface area contributed by atoms with Crippen molar-refractivity contribution in [1.29, 1.82) is 0 Å². The van der Waals surface area contributed by atoms with Gasteiger partial charge < -0.3 is 15.8 Å². The zero-order chi connectivity index (χ0) is 22.2. The number of amides is 1. The lowest BCUT2D eigenvalue weighted by Gasteiger charge is -2.18. The molecule has 3 aromatic rings. The first-order valence-corrected chi connectivity index (χ1v) is 11.6. The number of carbonyl (C=O) groups is 1. The van der Waals surface area contributed by atoms with E-state index in [-0.39, 0.29) is 5.75 Å². The van der Waals surface area contributed by atoms with Crippen molar-refractivity contribution in [2.45, 2.75) is 26.4 Å². The second-order valence-electron chi connectivity index (χ2n) is 7.43. The molecule has 1 saturated heterocycles. The van der Waals surface area contributed by atoms with Crippen LogP contribution in [0.25, 0.3) is 10.9 Å². The molecule has 1 aliphatic heterocycles. The third-order valence-corrected chi connectivity index (χ3v) is 7.42. The minimum Gasteiger partial charge on any atom is -0.479 e. The van der Waals surface area contributed by atoms with Crippen LogP contribution in [0.1, 0.15) is 18.9 Å². The average Bonchev–Trinajstić information content (AvgIpc) is 2.68. The molecule has 0 aliphatic carbocycles. The molecule has 3 N–H and O–H groups in total. The molecule has 2 aromatic carbocycles. The number of anilines is 2. The predicted molar refractivity (Wildman–Crippen MR) is 118 cm³/mol. The van der Waals surface area contributed by atoms with Gasteiger partial charge in [0.1, 0.15) is 23.7 Å². The van der Waals surface area contributed by atoms with E-state index >= 15 is 0 Å². The maximum Gasteiger partial charge on any atom is 0.258 e. The van der Waals surface area contributed by atoms with Crippen molar-refractivity contribution in [3.63, 3.8) is 0 Å². The van der Waals surface area contributed by atoms with Gasteiger partial charge in [0.2, 0.25) is 0 Å². The zero-order valence-corrected chi connectivity index (χ0v) is 17.9. The van der Waals surface area contributed by atoms with Crippen LogP contribution in [0.5, 0.6) is 5.75 Å². The average molecular weight is 444 g/mol. The molecule has 0 saturated carbocycles. The molecule has 0 unspecified atom stereocenters. The van der Waals surface area contributed by atoms with Gasteiger partial charge in [0.15, 0.2) is 6.10 Å². The van der Waals surface area contributed by atoms with E-state index in [1.165, 1.54) is 31.5 Å². The summed E-state index contributed by atoms with van der Waals surface area (Å²) in [5, 5.41) is 3.88. The van der Waals surface area contributed by atoms with Gasteiger partial charge in [-0.3, -0.25) is 4.79 Å². The summed E-state index contributed by atoms with van der Waals surface area (Å²) in [5.74, 6) is 0.668. The number of hydrogen-bond acceptors (Lipinski definition) is 7. The molecule has 1 fully saturated rings. The summed E-state index contributed by atoms with van der Waals surface area (Å²) in [7, 11) is -2.14. The number of carbonyl (C=O) groups excluding carboxylic acids is 1. The molecule has 2 heterocycles. The minimum absolute atomic E-state index is 0.129. The number of rotatable bonds is 6. The second kappa shape index (κ2) is 8.10. The number of halogens is 1. The van der Waals surface area contributed by atoms with E-state index in [9.17, 15) is 13.4 Å². The second-order valence-corrected chi connectivity index (χ2v) is 9.98. The number of aryl methyl sites for hydroxylation is 1. The van der Waals surface area contributed by atoms with Gasteiger partial charge in [0, 0.05) is 23.0 Å². The Labute approximate surface area is 179 Å². The van der Waals surface area contributed by atoms with E-state index in [4.69, 9.17) is 10.5 Å². The molecule has 1 amide bonds. The highest BCUT2D eigenvalue weighted by Crippen LogP contribution is 2.34. The maximum atomic E-state index is 13.8. The number of nitrogens with one attached hydrogen (secondary N) is 1. The molecule has 4 rings (SSSR count). The molecule has 0 spiro atoms. The van der Waals surface area contributed by atoms with Crippen molar-refractivity contribution in [1.82, 2.24) is 9.97 Å². The van der Waals surface area contributed by atoms with Crippen LogP contribution in [0.3, 0.4) is 0 Å². The van der Waals surface area contributed by atoms with E-state index < -0.39 is 27.6 Å². The molecule has 0 radical (unpaired) electrons.